The zero-order valence-electron chi connectivity index (χ0n) is 21.6. The summed E-state index contributed by atoms with van der Waals surface area (Å²) in [6.07, 6.45) is 7.62. The molecular formula is C31H27N7O2. The standard InChI is InChI=1S/C31H27N7O2/c39-31(33-17-19-40-26-6-2-1-3-7-26)20-23-21-38(28-9-5-4-8-27(23)28)30-15-14-29(35-36-30)34-24-10-12-25(13-11-24)37-18-16-32-22-37/h1-16,18,21-22H,17,19-20H2,(H,33,39)(H,34,35). The van der Waals surface area contributed by atoms with E-state index in [9.17, 15) is 4.79 Å². The first-order valence-corrected chi connectivity index (χ1v) is 13.0. The maximum atomic E-state index is 12.7. The van der Waals surface area contributed by atoms with E-state index in [1.54, 1.807) is 12.5 Å². The second kappa shape index (κ2) is 11.5. The summed E-state index contributed by atoms with van der Waals surface area (Å²) < 4.78 is 9.57. The van der Waals surface area contributed by atoms with Gasteiger partial charge >= 0.3 is 0 Å². The van der Waals surface area contributed by atoms with Gasteiger partial charge in [-0.05, 0) is 60.2 Å². The van der Waals surface area contributed by atoms with Gasteiger partial charge in [0, 0.05) is 35.4 Å². The molecule has 0 atom stereocenters. The van der Waals surface area contributed by atoms with Gasteiger partial charge in [-0.15, -0.1) is 10.2 Å². The Morgan fingerprint density at radius 2 is 1.70 bits per heavy atom. The lowest BCUT2D eigenvalue weighted by atomic mass is 10.1. The number of nitrogens with one attached hydrogen (secondary N) is 2. The highest BCUT2D eigenvalue weighted by Crippen LogP contribution is 2.25. The maximum absolute atomic E-state index is 12.7. The van der Waals surface area contributed by atoms with Gasteiger partial charge in [0.15, 0.2) is 11.6 Å². The lowest BCUT2D eigenvalue weighted by Crippen LogP contribution is -2.29. The monoisotopic (exact) mass is 529 g/mol. The number of anilines is 2. The Morgan fingerprint density at radius 3 is 2.48 bits per heavy atom. The summed E-state index contributed by atoms with van der Waals surface area (Å²) in [5.74, 6) is 2.02. The van der Waals surface area contributed by atoms with Crippen LogP contribution in [0.3, 0.4) is 0 Å². The molecule has 40 heavy (non-hydrogen) atoms. The van der Waals surface area contributed by atoms with Crippen molar-refractivity contribution in [3.63, 3.8) is 0 Å². The van der Waals surface area contributed by atoms with Crippen molar-refractivity contribution >= 4 is 28.3 Å². The number of benzene rings is 3. The second-order valence-electron chi connectivity index (χ2n) is 9.15. The molecule has 3 aromatic heterocycles. The minimum Gasteiger partial charge on any atom is -0.492 e. The molecule has 0 unspecified atom stereocenters. The van der Waals surface area contributed by atoms with E-state index in [1.807, 2.05) is 113 Å². The lowest BCUT2D eigenvalue weighted by Gasteiger charge is -2.08. The van der Waals surface area contributed by atoms with Crippen molar-refractivity contribution in [3.8, 4) is 17.3 Å². The van der Waals surface area contributed by atoms with Crippen molar-refractivity contribution in [3.05, 3.63) is 121 Å². The highest BCUT2D eigenvalue weighted by molar-refractivity contribution is 5.90. The predicted octanol–water partition coefficient (Wildman–Crippen LogP) is 5.09. The van der Waals surface area contributed by atoms with Crippen LogP contribution in [0.15, 0.2) is 116 Å². The van der Waals surface area contributed by atoms with Gasteiger partial charge in [-0.2, -0.15) is 0 Å². The molecule has 0 bridgehead atoms. The SMILES string of the molecule is O=C(Cc1cn(-c2ccc(Nc3ccc(-n4ccnc4)cc3)nn2)c2ccccc12)NCCOc1ccccc1. The summed E-state index contributed by atoms with van der Waals surface area (Å²) in [6.45, 7) is 0.834. The average Bonchev–Trinajstić information content (AvgIpc) is 3.66. The first-order chi connectivity index (χ1) is 19.7. The van der Waals surface area contributed by atoms with Crippen molar-refractivity contribution < 1.29 is 9.53 Å². The molecule has 1 amide bonds. The van der Waals surface area contributed by atoms with Crippen molar-refractivity contribution in [1.82, 2.24) is 29.6 Å². The number of carbonyl (C=O) groups is 1. The van der Waals surface area contributed by atoms with Gasteiger partial charge in [0.1, 0.15) is 12.4 Å². The molecule has 6 rings (SSSR count). The second-order valence-corrected chi connectivity index (χ2v) is 9.15. The third-order valence-corrected chi connectivity index (χ3v) is 6.42. The van der Waals surface area contributed by atoms with Gasteiger partial charge in [-0.1, -0.05) is 36.4 Å². The number of nitrogens with zero attached hydrogens (tertiary/aromatic N) is 5. The molecule has 0 saturated heterocycles. The predicted molar refractivity (Wildman–Crippen MR) is 154 cm³/mol. The number of rotatable bonds is 10. The molecule has 3 aromatic carbocycles. The largest absolute Gasteiger partial charge is 0.492 e. The molecule has 0 spiro atoms. The van der Waals surface area contributed by atoms with Gasteiger partial charge < -0.3 is 19.9 Å². The molecule has 9 nitrogen and oxygen atoms in total. The zero-order valence-corrected chi connectivity index (χ0v) is 21.6. The summed E-state index contributed by atoms with van der Waals surface area (Å²) in [7, 11) is 0. The number of hydrogen-bond donors (Lipinski definition) is 2. The Kier molecular flexibility index (Phi) is 7.17. The first kappa shape index (κ1) is 24.9. The number of fused-ring (bicyclic) bond motifs is 1. The smallest absolute Gasteiger partial charge is 0.224 e. The number of para-hydroxylation sites is 2. The molecule has 0 aliphatic carbocycles. The van der Waals surface area contributed by atoms with E-state index in [-0.39, 0.29) is 12.3 Å². The van der Waals surface area contributed by atoms with Crippen LogP contribution in [-0.2, 0) is 11.2 Å². The lowest BCUT2D eigenvalue weighted by molar-refractivity contribution is -0.120. The van der Waals surface area contributed by atoms with Gasteiger partial charge in [0.25, 0.3) is 0 Å². The Labute approximate surface area is 231 Å². The minimum absolute atomic E-state index is 0.0655. The van der Waals surface area contributed by atoms with Crippen molar-refractivity contribution in [2.75, 3.05) is 18.5 Å². The van der Waals surface area contributed by atoms with Gasteiger partial charge in [-0.3, -0.25) is 9.36 Å². The molecule has 0 aliphatic heterocycles. The van der Waals surface area contributed by atoms with E-state index < -0.39 is 0 Å². The number of carbonyl (C=O) groups excluding carboxylic acids is 1. The maximum Gasteiger partial charge on any atom is 0.224 e. The average molecular weight is 530 g/mol. The van der Waals surface area contributed by atoms with Crippen LogP contribution in [0.4, 0.5) is 11.5 Å². The molecule has 0 radical (unpaired) electrons. The minimum atomic E-state index is -0.0655. The quantitative estimate of drug-likeness (QED) is 0.240. The fourth-order valence-electron chi connectivity index (χ4n) is 4.49. The molecule has 6 aromatic rings. The fraction of sp³-hybridized carbons (Fsp3) is 0.0968. The van der Waals surface area contributed by atoms with Crippen LogP contribution in [0, 0.1) is 0 Å². The van der Waals surface area contributed by atoms with Crippen LogP contribution >= 0.6 is 0 Å². The number of imidazole rings is 1. The van der Waals surface area contributed by atoms with Crippen molar-refractivity contribution in [2.24, 2.45) is 0 Å². The summed E-state index contributed by atoms with van der Waals surface area (Å²) in [6, 6.07) is 29.3. The normalized spacial score (nSPS) is 10.9. The van der Waals surface area contributed by atoms with Gasteiger partial charge in [0.05, 0.1) is 24.8 Å². The van der Waals surface area contributed by atoms with E-state index in [4.69, 9.17) is 4.74 Å². The van der Waals surface area contributed by atoms with E-state index in [0.29, 0.717) is 24.8 Å². The van der Waals surface area contributed by atoms with Crippen LogP contribution in [0.5, 0.6) is 5.75 Å². The molecular weight excluding hydrogens is 502 g/mol. The van der Waals surface area contributed by atoms with E-state index in [0.717, 1.165) is 33.6 Å². The summed E-state index contributed by atoms with van der Waals surface area (Å²) in [5, 5.41) is 16.1. The summed E-state index contributed by atoms with van der Waals surface area (Å²) >= 11 is 0. The Bertz CT molecular complexity index is 1700. The molecule has 0 saturated carbocycles. The number of ether oxygens (including phenoxy) is 1. The highest BCUT2D eigenvalue weighted by Gasteiger charge is 2.14. The van der Waals surface area contributed by atoms with E-state index in [1.165, 1.54) is 0 Å². The molecule has 3 heterocycles. The number of aromatic nitrogens is 5. The molecule has 9 heteroatoms. The van der Waals surface area contributed by atoms with Crippen LogP contribution in [0.25, 0.3) is 22.4 Å². The third-order valence-electron chi connectivity index (χ3n) is 6.42. The van der Waals surface area contributed by atoms with Crippen LogP contribution < -0.4 is 15.4 Å². The fourth-order valence-corrected chi connectivity index (χ4v) is 4.49. The topological polar surface area (TPSA) is 98.9 Å². The van der Waals surface area contributed by atoms with E-state index >= 15 is 0 Å². The highest BCUT2D eigenvalue weighted by atomic mass is 16.5. The Morgan fingerprint density at radius 1 is 0.875 bits per heavy atom. The van der Waals surface area contributed by atoms with Crippen LogP contribution in [-0.4, -0.2) is 43.4 Å². The summed E-state index contributed by atoms with van der Waals surface area (Å²) in [4.78, 5) is 16.8. The summed E-state index contributed by atoms with van der Waals surface area (Å²) in [5.41, 5.74) is 3.80. The van der Waals surface area contributed by atoms with Crippen LogP contribution in [0.2, 0.25) is 0 Å². The Balaban J connectivity index is 1.11. The third kappa shape index (κ3) is 5.68. The molecule has 2 N–H and O–H groups in total. The number of amides is 1. The van der Waals surface area contributed by atoms with Crippen LogP contribution in [0.1, 0.15) is 5.56 Å². The Hall–Kier alpha value is -5.44. The number of hydrogen-bond acceptors (Lipinski definition) is 6. The van der Waals surface area contributed by atoms with Gasteiger partial charge in [0.2, 0.25) is 5.91 Å². The first-order valence-electron chi connectivity index (χ1n) is 13.0. The van der Waals surface area contributed by atoms with E-state index in [2.05, 4.69) is 25.8 Å². The molecule has 0 aliphatic rings. The molecule has 198 valence electrons. The van der Waals surface area contributed by atoms with Crippen molar-refractivity contribution in [2.45, 2.75) is 6.42 Å². The van der Waals surface area contributed by atoms with Gasteiger partial charge in [-0.25, -0.2) is 4.98 Å². The van der Waals surface area contributed by atoms with Crippen molar-refractivity contribution in [1.29, 1.82) is 0 Å². The molecule has 0 fully saturated rings. The zero-order chi connectivity index (χ0) is 27.1.